The molecule has 0 spiro atoms. The molecule has 3 nitrogen and oxygen atoms in total. The summed E-state index contributed by atoms with van der Waals surface area (Å²) in [6, 6.07) is 7.09. The van der Waals surface area contributed by atoms with E-state index in [1.165, 1.54) is 0 Å². The number of furan rings is 1. The number of hydrogen-bond donors (Lipinski definition) is 2. The molecule has 1 heterocycles. The highest BCUT2D eigenvalue weighted by Crippen LogP contribution is 2.30. The highest BCUT2D eigenvalue weighted by Gasteiger charge is 2.11. The molecule has 2 rings (SSSR count). The number of phenols is 1. The van der Waals surface area contributed by atoms with E-state index in [1.807, 2.05) is 19.1 Å². The largest absolute Gasteiger partial charge is 0.507 e. The van der Waals surface area contributed by atoms with E-state index in [2.05, 4.69) is 0 Å². The molecule has 0 bridgehead atoms. The first kappa shape index (κ1) is 9.09. The number of nitrogens with two attached hydrogens (primary N) is 1. The van der Waals surface area contributed by atoms with Crippen LogP contribution < -0.4 is 5.73 Å². The van der Waals surface area contributed by atoms with E-state index in [4.69, 9.17) is 10.2 Å². The van der Waals surface area contributed by atoms with E-state index in [9.17, 15) is 5.11 Å². The van der Waals surface area contributed by atoms with Crippen molar-refractivity contribution in [3.8, 4) is 5.75 Å². The Morgan fingerprint density at radius 2 is 2.29 bits per heavy atom. The van der Waals surface area contributed by atoms with E-state index < -0.39 is 0 Å². The zero-order valence-corrected chi connectivity index (χ0v) is 8.03. The van der Waals surface area contributed by atoms with Gasteiger partial charge in [0.1, 0.15) is 17.1 Å². The van der Waals surface area contributed by atoms with E-state index in [0.29, 0.717) is 12.1 Å². The van der Waals surface area contributed by atoms with Gasteiger partial charge in [-0.25, -0.2) is 0 Å². The lowest BCUT2D eigenvalue weighted by Crippen LogP contribution is -2.07. The average Bonchev–Trinajstić information content (AvgIpc) is 2.62. The molecule has 0 saturated heterocycles. The summed E-state index contributed by atoms with van der Waals surface area (Å²) in [6.07, 6.45) is 0. The van der Waals surface area contributed by atoms with Crippen LogP contribution in [-0.2, 0) is 0 Å². The molecule has 14 heavy (non-hydrogen) atoms. The molecule has 0 radical (unpaired) electrons. The van der Waals surface area contributed by atoms with E-state index >= 15 is 0 Å². The van der Waals surface area contributed by atoms with E-state index in [-0.39, 0.29) is 11.7 Å². The van der Waals surface area contributed by atoms with Crippen LogP contribution in [0.15, 0.2) is 28.7 Å². The van der Waals surface area contributed by atoms with Gasteiger partial charge in [-0.05, 0) is 18.2 Å². The van der Waals surface area contributed by atoms with Crippen LogP contribution in [0.2, 0.25) is 0 Å². The Hall–Kier alpha value is -1.48. The predicted octanol–water partition coefficient (Wildman–Crippen LogP) is 2.20. The molecule has 1 aromatic carbocycles. The molecule has 1 aromatic heterocycles. The molecule has 3 heteroatoms. The zero-order valence-electron chi connectivity index (χ0n) is 8.03. The van der Waals surface area contributed by atoms with Gasteiger partial charge in [0.25, 0.3) is 0 Å². The van der Waals surface area contributed by atoms with Gasteiger partial charge in [0, 0.05) is 12.5 Å². The van der Waals surface area contributed by atoms with E-state index in [1.54, 1.807) is 12.1 Å². The number of benzene rings is 1. The zero-order chi connectivity index (χ0) is 10.1. The number of phenolic OH excluding ortho intramolecular Hbond substituents is 1. The molecule has 0 aliphatic heterocycles. The van der Waals surface area contributed by atoms with Crippen molar-refractivity contribution in [3.63, 3.8) is 0 Å². The molecular weight excluding hydrogens is 178 g/mol. The molecule has 1 unspecified atom stereocenters. The van der Waals surface area contributed by atoms with Crippen LogP contribution in [0.25, 0.3) is 11.0 Å². The van der Waals surface area contributed by atoms with Gasteiger partial charge < -0.3 is 15.3 Å². The minimum absolute atomic E-state index is 0.182. The van der Waals surface area contributed by atoms with Crippen molar-refractivity contribution in [2.75, 3.05) is 6.54 Å². The minimum atomic E-state index is 0.182. The third-order valence-electron chi connectivity index (χ3n) is 2.40. The monoisotopic (exact) mass is 191 g/mol. The van der Waals surface area contributed by atoms with Crippen LogP contribution >= 0.6 is 0 Å². The molecule has 0 aliphatic carbocycles. The summed E-state index contributed by atoms with van der Waals surface area (Å²) in [6.45, 7) is 2.54. The highest BCUT2D eigenvalue weighted by molar-refractivity contribution is 5.84. The molecule has 0 saturated carbocycles. The first-order chi connectivity index (χ1) is 6.72. The normalized spacial score (nSPS) is 13.3. The maximum atomic E-state index is 9.55. The van der Waals surface area contributed by atoms with Crippen molar-refractivity contribution in [2.45, 2.75) is 12.8 Å². The fourth-order valence-corrected chi connectivity index (χ4v) is 1.42. The summed E-state index contributed by atoms with van der Waals surface area (Å²) in [5.41, 5.74) is 6.25. The lowest BCUT2D eigenvalue weighted by atomic mass is 10.1. The van der Waals surface area contributed by atoms with Gasteiger partial charge in [-0.1, -0.05) is 13.0 Å². The van der Waals surface area contributed by atoms with Crippen molar-refractivity contribution >= 4 is 11.0 Å². The van der Waals surface area contributed by atoms with Crippen LogP contribution in [0.1, 0.15) is 18.6 Å². The number of fused-ring (bicyclic) bond motifs is 1. The molecule has 3 N–H and O–H groups in total. The molecule has 0 fully saturated rings. The third-order valence-corrected chi connectivity index (χ3v) is 2.40. The van der Waals surface area contributed by atoms with Crippen LogP contribution in [0.3, 0.4) is 0 Å². The quantitative estimate of drug-likeness (QED) is 0.765. The molecule has 74 valence electrons. The summed E-state index contributed by atoms with van der Waals surface area (Å²) < 4.78 is 5.56. The molecule has 0 aliphatic rings. The molecular formula is C11H13NO2. The SMILES string of the molecule is CC(CN)c1cc2c(O)cccc2o1. The van der Waals surface area contributed by atoms with Crippen molar-refractivity contribution in [3.05, 3.63) is 30.0 Å². The Labute approximate surface area is 82.1 Å². The van der Waals surface area contributed by atoms with Gasteiger partial charge in [-0.2, -0.15) is 0 Å². The first-order valence-corrected chi connectivity index (χ1v) is 4.64. The first-order valence-electron chi connectivity index (χ1n) is 4.64. The molecule has 0 amide bonds. The maximum absolute atomic E-state index is 9.55. The lowest BCUT2D eigenvalue weighted by Gasteiger charge is -2.01. The number of aromatic hydroxyl groups is 1. The van der Waals surface area contributed by atoms with Gasteiger partial charge in [-0.3, -0.25) is 0 Å². The van der Waals surface area contributed by atoms with Gasteiger partial charge in [0.05, 0.1) is 5.39 Å². The third kappa shape index (κ3) is 1.36. The highest BCUT2D eigenvalue weighted by atomic mass is 16.3. The van der Waals surface area contributed by atoms with E-state index in [0.717, 1.165) is 11.1 Å². The van der Waals surface area contributed by atoms with Crippen LogP contribution in [0.5, 0.6) is 5.75 Å². The second-order valence-electron chi connectivity index (χ2n) is 3.47. The Balaban J connectivity index is 2.56. The Bertz CT molecular complexity index is 447. The van der Waals surface area contributed by atoms with Gasteiger partial charge in [0.15, 0.2) is 0 Å². The smallest absolute Gasteiger partial charge is 0.138 e. The summed E-state index contributed by atoms with van der Waals surface area (Å²) in [4.78, 5) is 0. The second kappa shape index (κ2) is 3.35. The summed E-state index contributed by atoms with van der Waals surface area (Å²) >= 11 is 0. The van der Waals surface area contributed by atoms with Crippen LogP contribution in [0, 0.1) is 0 Å². The Kier molecular flexibility index (Phi) is 2.17. The molecule has 2 aromatic rings. The van der Waals surface area contributed by atoms with Crippen molar-refractivity contribution in [1.82, 2.24) is 0 Å². The van der Waals surface area contributed by atoms with Gasteiger partial charge in [-0.15, -0.1) is 0 Å². The van der Waals surface area contributed by atoms with Crippen LogP contribution in [-0.4, -0.2) is 11.7 Å². The van der Waals surface area contributed by atoms with Gasteiger partial charge >= 0.3 is 0 Å². The minimum Gasteiger partial charge on any atom is -0.507 e. The van der Waals surface area contributed by atoms with Gasteiger partial charge in [0.2, 0.25) is 0 Å². The second-order valence-corrected chi connectivity index (χ2v) is 3.47. The topological polar surface area (TPSA) is 59.4 Å². The van der Waals surface area contributed by atoms with Crippen molar-refractivity contribution in [2.24, 2.45) is 5.73 Å². The lowest BCUT2D eigenvalue weighted by molar-refractivity contribution is 0.480. The number of rotatable bonds is 2. The summed E-state index contributed by atoms with van der Waals surface area (Å²) in [5.74, 6) is 1.26. The fourth-order valence-electron chi connectivity index (χ4n) is 1.42. The maximum Gasteiger partial charge on any atom is 0.138 e. The van der Waals surface area contributed by atoms with Crippen molar-refractivity contribution in [1.29, 1.82) is 0 Å². The summed E-state index contributed by atoms with van der Waals surface area (Å²) in [5, 5.41) is 10.3. The van der Waals surface area contributed by atoms with Crippen LogP contribution in [0.4, 0.5) is 0 Å². The predicted molar refractivity (Wildman–Crippen MR) is 55.3 cm³/mol. The molecule has 1 atom stereocenters. The standard InChI is InChI=1S/C11H13NO2/c1-7(6-12)11-5-8-9(13)3-2-4-10(8)14-11/h2-5,7,13H,6,12H2,1H3. The Morgan fingerprint density at radius 3 is 2.93 bits per heavy atom. The summed E-state index contributed by atoms with van der Waals surface area (Å²) in [7, 11) is 0. The van der Waals surface area contributed by atoms with Crippen molar-refractivity contribution < 1.29 is 9.52 Å². The Morgan fingerprint density at radius 1 is 1.50 bits per heavy atom. The fraction of sp³-hybridized carbons (Fsp3) is 0.273. The number of hydrogen-bond acceptors (Lipinski definition) is 3. The average molecular weight is 191 g/mol.